The first-order chi connectivity index (χ1) is 9.43. The summed E-state index contributed by atoms with van der Waals surface area (Å²) in [7, 11) is 3.42. The normalized spacial score (nSPS) is 10.8. The summed E-state index contributed by atoms with van der Waals surface area (Å²) in [6, 6.07) is 5.05. The monoisotopic (exact) mass is 291 g/mol. The van der Waals surface area contributed by atoms with E-state index in [9.17, 15) is 9.59 Å². The number of fused-ring (bicyclic) bond motifs is 1. The molecule has 0 aliphatic heterocycles. The van der Waals surface area contributed by atoms with Crippen LogP contribution >= 0.6 is 11.8 Å². The Morgan fingerprint density at radius 3 is 2.65 bits per heavy atom. The zero-order valence-electron chi connectivity index (χ0n) is 12.0. The molecule has 0 aliphatic carbocycles. The molecule has 0 saturated heterocycles. The van der Waals surface area contributed by atoms with Gasteiger partial charge in [-0.2, -0.15) is 0 Å². The third kappa shape index (κ3) is 2.72. The third-order valence-electron chi connectivity index (χ3n) is 3.06. The second kappa shape index (κ2) is 5.71. The summed E-state index contributed by atoms with van der Waals surface area (Å²) in [4.78, 5) is 26.1. The van der Waals surface area contributed by atoms with Crippen molar-refractivity contribution >= 4 is 28.0 Å². The lowest BCUT2D eigenvalue weighted by Gasteiger charge is -2.12. The van der Waals surface area contributed by atoms with E-state index in [1.807, 2.05) is 13.8 Å². The van der Waals surface area contributed by atoms with Crippen LogP contribution in [0.1, 0.15) is 18.2 Å². The number of nitrogens with zero attached hydrogens (tertiary/aromatic N) is 1. The second-order valence-electron chi connectivity index (χ2n) is 4.76. The molecule has 0 unspecified atom stereocenters. The van der Waals surface area contributed by atoms with E-state index < -0.39 is 0 Å². The van der Waals surface area contributed by atoms with Gasteiger partial charge < -0.3 is 9.32 Å². The Balaban J connectivity index is 2.58. The predicted octanol–water partition coefficient (Wildman–Crippen LogP) is 3.44. The molecule has 20 heavy (non-hydrogen) atoms. The summed E-state index contributed by atoms with van der Waals surface area (Å²) < 4.78 is 5.77. The molecule has 1 amide bonds. The molecule has 0 spiro atoms. The van der Waals surface area contributed by atoms with E-state index in [0.717, 1.165) is 22.2 Å². The van der Waals surface area contributed by atoms with Crippen LogP contribution in [0, 0.1) is 6.92 Å². The summed E-state index contributed by atoms with van der Waals surface area (Å²) in [6.45, 7) is 3.81. The van der Waals surface area contributed by atoms with Crippen LogP contribution in [-0.2, 0) is 6.42 Å². The molecular weight excluding hydrogens is 274 g/mol. The van der Waals surface area contributed by atoms with Crippen molar-refractivity contribution in [2.75, 3.05) is 14.1 Å². The smallest absolute Gasteiger partial charge is 0.285 e. The fraction of sp³-hybridized carbons (Fsp3) is 0.333. The van der Waals surface area contributed by atoms with Gasteiger partial charge in [0.05, 0.1) is 5.39 Å². The summed E-state index contributed by atoms with van der Waals surface area (Å²) in [5, 5.41) is 0.503. The first-order valence-electron chi connectivity index (χ1n) is 6.39. The van der Waals surface area contributed by atoms with Crippen molar-refractivity contribution in [1.29, 1.82) is 0 Å². The second-order valence-corrected chi connectivity index (χ2v) is 5.75. The minimum Gasteiger partial charge on any atom is -0.461 e. The Hall–Kier alpha value is -1.75. The highest BCUT2D eigenvalue weighted by atomic mass is 32.2. The Kier molecular flexibility index (Phi) is 4.18. The van der Waals surface area contributed by atoms with Crippen LogP contribution < -0.4 is 5.43 Å². The van der Waals surface area contributed by atoms with Crippen LogP contribution in [0.3, 0.4) is 0 Å². The molecule has 106 valence electrons. The van der Waals surface area contributed by atoms with Crippen LogP contribution in [0.2, 0.25) is 0 Å². The average Bonchev–Trinajstić information content (AvgIpc) is 2.41. The molecule has 5 heteroatoms. The number of carbonyl (C=O) groups is 1. The number of benzene rings is 1. The standard InChI is InChI=1S/C15H17NO3S/c1-5-10-8-12(17)11-6-7-13(9(2)14(11)19-10)20-15(18)16(3)4/h6-8H,5H2,1-4H3. The molecule has 0 N–H and O–H groups in total. The number of rotatable bonds is 2. The lowest BCUT2D eigenvalue weighted by Crippen LogP contribution is -2.16. The SMILES string of the molecule is CCc1cc(=O)c2ccc(SC(=O)N(C)C)c(C)c2o1. The van der Waals surface area contributed by atoms with E-state index in [-0.39, 0.29) is 10.7 Å². The number of hydrogen-bond acceptors (Lipinski definition) is 4. The number of amides is 1. The third-order valence-corrected chi connectivity index (χ3v) is 4.26. The van der Waals surface area contributed by atoms with E-state index in [0.29, 0.717) is 23.2 Å². The molecule has 0 bridgehead atoms. The van der Waals surface area contributed by atoms with Crippen LogP contribution in [-0.4, -0.2) is 24.2 Å². The summed E-state index contributed by atoms with van der Waals surface area (Å²) in [6.07, 6.45) is 0.665. The van der Waals surface area contributed by atoms with Gasteiger partial charge in [-0.15, -0.1) is 0 Å². The van der Waals surface area contributed by atoms with Crippen LogP contribution in [0.5, 0.6) is 0 Å². The lowest BCUT2D eigenvalue weighted by atomic mass is 10.1. The molecule has 1 heterocycles. The highest BCUT2D eigenvalue weighted by Gasteiger charge is 2.14. The number of aryl methyl sites for hydroxylation is 2. The molecule has 1 aromatic heterocycles. The van der Waals surface area contributed by atoms with Gasteiger partial charge in [-0.3, -0.25) is 9.59 Å². The summed E-state index contributed by atoms with van der Waals surface area (Å²) in [5.74, 6) is 0.659. The van der Waals surface area contributed by atoms with Gasteiger partial charge in [0.2, 0.25) is 0 Å². The highest BCUT2D eigenvalue weighted by molar-refractivity contribution is 8.13. The van der Waals surface area contributed by atoms with Crippen LogP contribution in [0.15, 0.2) is 32.3 Å². The number of thioether (sulfide) groups is 1. The molecule has 1 aromatic carbocycles. The van der Waals surface area contributed by atoms with Crippen molar-refractivity contribution in [2.24, 2.45) is 0 Å². The maximum Gasteiger partial charge on any atom is 0.285 e. The van der Waals surface area contributed by atoms with E-state index in [2.05, 4.69) is 0 Å². The average molecular weight is 291 g/mol. The molecule has 0 aliphatic rings. The molecule has 0 saturated carbocycles. The molecular formula is C15H17NO3S. The van der Waals surface area contributed by atoms with Gasteiger partial charge in [0, 0.05) is 37.0 Å². The zero-order chi connectivity index (χ0) is 14.9. The Morgan fingerprint density at radius 1 is 1.35 bits per heavy atom. The van der Waals surface area contributed by atoms with E-state index >= 15 is 0 Å². The number of hydrogen-bond donors (Lipinski definition) is 0. The molecule has 4 nitrogen and oxygen atoms in total. The van der Waals surface area contributed by atoms with Gasteiger partial charge in [0.1, 0.15) is 11.3 Å². The maximum absolute atomic E-state index is 12.0. The fourth-order valence-corrected chi connectivity index (χ4v) is 2.61. The highest BCUT2D eigenvalue weighted by Crippen LogP contribution is 2.29. The molecule has 2 aromatic rings. The van der Waals surface area contributed by atoms with Crippen molar-refractivity contribution in [2.45, 2.75) is 25.2 Å². The minimum absolute atomic E-state index is 0.0401. The summed E-state index contributed by atoms with van der Waals surface area (Å²) >= 11 is 1.14. The summed E-state index contributed by atoms with van der Waals surface area (Å²) in [5.41, 5.74) is 1.36. The van der Waals surface area contributed by atoms with Gasteiger partial charge in [-0.1, -0.05) is 6.92 Å². The first-order valence-corrected chi connectivity index (χ1v) is 7.21. The van der Waals surface area contributed by atoms with Crippen LogP contribution in [0.25, 0.3) is 11.0 Å². The van der Waals surface area contributed by atoms with Crippen LogP contribution in [0.4, 0.5) is 4.79 Å². The molecule has 0 fully saturated rings. The number of carbonyl (C=O) groups excluding carboxylic acids is 1. The van der Waals surface area contributed by atoms with E-state index in [1.54, 1.807) is 26.2 Å². The quantitative estimate of drug-likeness (QED) is 0.795. The Bertz CT molecular complexity index is 719. The van der Waals surface area contributed by atoms with Crippen molar-refractivity contribution in [3.8, 4) is 0 Å². The van der Waals surface area contributed by atoms with E-state index in [4.69, 9.17) is 4.42 Å². The van der Waals surface area contributed by atoms with Crippen molar-refractivity contribution < 1.29 is 9.21 Å². The lowest BCUT2D eigenvalue weighted by molar-refractivity contribution is 0.241. The van der Waals surface area contributed by atoms with Gasteiger partial charge in [0.15, 0.2) is 5.43 Å². The van der Waals surface area contributed by atoms with Crippen molar-refractivity contribution in [3.05, 3.63) is 39.7 Å². The Morgan fingerprint density at radius 2 is 2.05 bits per heavy atom. The minimum atomic E-state index is -0.0542. The van der Waals surface area contributed by atoms with Gasteiger partial charge >= 0.3 is 0 Å². The largest absolute Gasteiger partial charge is 0.461 e. The topological polar surface area (TPSA) is 50.5 Å². The molecule has 2 rings (SSSR count). The first kappa shape index (κ1) is 14.7. The maximum atomic E-state index is 12.0. The van der Waals surface area contributed by atoms with Gasteiger partial charge in [-0.25, -0.2) is 0 Å². The molecule has 0 atom stereocenters. The van der Waals surface area contributed by atoms with Crippen molar-refractivity contribution in [1.82, 2.24) is 4.90 Å². The Labute approximate surface area is 121 Å². The predicted molar refractivity (Wildman–Crippen MR) is 81.5 cm³/mol. The fourth-order valence-electron chi connectivity index (χ4n) is 1.85. The zero-order valence-corrected chi connectivity index (χ0v) is 12.8. The van der Waals surface area contributed by atoms with Gasteiger partial charge in [0.25, 0.3) is 5.24 Å². The van der Waals surface area contributed by atoms with Crippen molar-refractivity contribution in [3.63, 3.8) is 0 Å². The van der Waals surface area contributed by atoms with Gasteiger partial charge in [-0.05, 0) is 30.8 Å². The van der Waals surface area contributed by atoms with E-state index in [1.165, 1.54) is 11.0 Å². The molecule has 0 radical (unpaired) electrons.